The molecule has 2 fully saturated rings. The van der Waals surface area contributed by atoms with Gasteiger partial charge in [0.25, 0.3) is 0 Å². The number of hydrogen-bond acceptors (Lipinski definition) is 9. The largest absolute Gasteiger partial charge is 0.468 e. The number of anilines is 2. The first-order valence-corrected chi connectivity index (χ1v) is 11.3. The molecular weight excluding hydrogens is 422 g/mol. The molecule has 0 bridgehead atoms. The standard InChI is InChI=1S/C23H29N7O3/c1-23(31)8-5-15(6-9-23)26-22-27-21(33-16-12-32-13-16)20-17(7-10-30(20)29-22)14-3-4-18(28-24)19(11-14)25-2/h3-4,7,10-11,15-16,24-25,31H,5-6,8-9,12-13H2,1-2H3,(H,26,29). The summed E-state index contributed by atoms with van der Waals surface area (Å²) in [5.41, 5.74) is 10.8. The maximum absolute atomic E-state index is 10.2. The summed E-state index contributed by atoms with van der Waals surface area (Å²) >= 11 is 0. The summed E-state index contributed by atoms with van der Waals surface area (Å²) in [5.74, 6) is 1.01. The van der Waals surface area contributed by atoms with Gasteiger partial charge < -0.3 is 25.2 Å². The summed E-state index contributed by atoms with van der Waals surface area (Å²) in [7, 11) is 1.81. The number of aromatic nitrogens is 3. The molecule has 3 aromatic rings. The first-order valence-electron chi connectivity index (χ1n) is 11.3. The fourth-order valence-corrected chi connectivity index (χ4v) is 4.38. The van der Waals surface area contributed by atoms with Gasteiger partial charge in [0.15, 0.2) is 0 Å². The highest BCUT2D eigenvalue weighted by atomic mass is 16.6. The molecule has 0 atom stereocenters. The van der Waals surface area contributed by atoms with E-state index in [1.165, 1.54) is 0 Å². The highest BCUT2D eigenvalue weighted by Crippen LogP contribution is 2.37. The third-order valence-electron chi connectivity index (χ3n) is 6.46. The van der Waals surface area contributed by atoms with Crippen molar-refractivity contribution in [3.8, 4) is 17.0 Å². The van der Waals surface area contributed by atoms with Crippen molar-refractivity contribution in [2.45, 2.75) is 50.4 Å². The highest BCUT2D eigenvalue weighted by molar-refractivity contribution is 5.87. The van der Waals surface area contributed by atoms with E-state index in [9.17, 15) is 5.11 Å². The molecule has 0 spiro atoms. The molecule has 2 aliphatic rings. The van der Waals surface area contributed by atoms with Crippen LogP contribution < -0.4 is 15.4 Å². The Morgan fingerprint density at radius 1 is 1.27 bits per heavy atom. The summed E-state index contributed by atoms with van der Waals surface area (Å²) in [6.07, 6.45) is 5.07. The van der Waals surface area contributed by atoms with Gasteiger partial charge in [0.05, 0.1) is 24.5 Å². The van der Waals surface area contributed by atoms with Crippen LogP contribution in [0.5, 0.6) is 5.88 Å². The molecule has 33 heavy (non-hydrogen) atoms. The number of nitrogens with zero attached hydrogens (tertiary/aromatic N) is 4. The van der Waals surface area contributed by atoms with E-state index in [1.54, 1.807) is 4.52 Å². The van der Waals surface area contributed by atoms with Gasteiger partial charge in [-0.25, -0.2) is 10.0 Å². The lowest BCUT2D eigenvalue weighted by Gasteiger charge is -2.33. The van der Waals surface area contributed by atoms with Crippen molar-refractivity contribution in [2.75, 3.05) is 30.9 Å². The molecule has 0 radical (unpaired) electrons. The Kier molecular flexibility index (Phi) is 5.63. The van der Waals surface area contributed by atoms with Crippen LogP contribution in [0.2, 0.25) is 0 Å². The summed E-state index contributed by atoms with van der Waals surface area (Å²) in [4.78, 5) is 4.74. The maximum atomic E-state index is 10.2. The lowest BCUT2D eigenvalue weighted by molar-refractivity contribution is -0.0808. The summed E-state index contributed by atoms with van der Waals surface area (Å²) < 4.78 is 13.3. The van der Waals surface area contributed by atoms with Gasteiger partial charge in [-0.3, -0.25) is 0 Å². The van der Waals surface area contributed by atoms with Gasteiger partial charge in [-0.1, -0.05) is 6.07 Å². The SMILES string of the molecule is CNc1cc(-c2ccn3nc(NC4CCC(C)(O)CC4)nc(OC4COC4)c23)ccc1N=N. The minimum Gasteiger partial charge on any atom is -0.468 e. The molecule has 0 unspecified atom stereocenters. The molecule has 4 N–H and O–H groups in total. The number of ether oxygens (including phenoxy) is 2. The number of nitrogens with one attached hydrogen (secondary N) is 3. The van der Waals surface area contributed by atoms with Gasteiger partial charge in [0.2, 0.25) is 11.8 Å². The van der Waals surface area contributed by atoms with Gasteiger partial charge in [-0.15, -0.1) is 5.10 Å². The first-order chi connectivity index (χ1) is 16.0. The van der Waals surface area contributed by atoms with E-state index in [4.69, 9.17) is 25.1 Å². The third kappa shape index (κ3) is 4.36. The van der Waals surface area contributed by atoms with Crippen molar-refractivity contribution in [1.29, 1.82) is 5.53 Å². The first kappa shape index (κ1) is 21.6. The molecule has 174 valence electrons. The minimum absolute atomic E-state index is 0.0403. The Morgan fingerprint density at radius 2 is 2.06 bits per heavy atom. The van der Waals surface area contributed by atoms with Crippen LogP contribution in [-0.2, 0) is 4.74 Å². The average molecular weight is 452 g/mol. The molecule has 1 saturated heterocycles. The molecule has 1 aliphatic heterocycles. The normalized spacial score (nSPS) is 23.2. The third-order valence-corrected chi connectivity index (χ3v) is 6.46. The van der Waals surface area contributed by atoms with Crippen LogP contribution >= 0.6 is 0 Å². The van der Waals surface area contributed by atoms with E-state index in [0.29, 0.717) is 30.7 Å². The van der Waals surface area contributed by atoms with Gasteiger partial charge in [0, 0.05) is 24.8 Å². The Bertz CT molecular complexity index is 1160. The Morgan fingerprint density at radius 3 is 2.73 bits per heavy atom. The summed E-state index contributed by atoms with van der Waals surface area (Å²) in [6.45, 7) is 2.97. The molecule has 10 nitrogen and oxygen atoms in total. The van der Waals surface area contributed by atoms with E-state index in [0.717, 1.165) is 48.0 Å². The minimum atomic E-state index is -0.591. The number of hydrogen-bond donors (Lipinski definition) is 4. The number of benzene rings is 1. The van der Waals surface area contributed by atoms with Crippen molar-refractivity contribution in [3.05, 3.63) is 30.5 Å². The second-order valence-electron chi connectivity index (χ2n) is 9.05. The molecule has 0 amide bonds. The summed E-state index contributed by atoms with van der Waals surface area (Å²) in [5, 5.41) is 25.0. The quantitative estimate of drug-likeness (QED) is 0.400. The van der Waals surface area contributed by atoms with E-state index < -0.39 is 5.60 Å². The van der Waals surface area contributed by atoms with E-state index >= 15 is 0 Å². The lowest BCUT2D eigenvalue weighted by Crippen LogP contribution is -2.39. The number of aliphatic hydroxyl groups is 1. The predicted octanol–water partition coefficient (Wildman–Crippen LogP) is 3.98. The van der Waals surface area contributed by atoms with Crippen LogP contribution in [0.1, 0.15) is 32.6 Å². The van der Waals surface area contributed by atoms with Crippen LogP contribution in [0.3, 0.4) is 0 Å². The van der Waals surface area contributed by atoms with Crippen molar-refractivity contribution in [3.63, 3.8) is 0 Å². The van der Waals surface area contributed by atoms with Crippen molar-refractivity contribution in [2.24, 2.45) is 5.11 Å². The lowest BCUT2D eigenvalue weighted by atomic mass is 9.84. The zero-order valence-electron chi connectivity index (χ0n) is 18.8. The van der Waals surface area contributed by atoms with Crippen molar-refractivity contribution in [1.82, 2.24) is 14.6 Å². The Labute approximate surface area is 191 Å². The Hall–Kier alpha value is -3.24. The van der Waals surface area contributed by atoms with E-state index in [2.05, 4.69) is 15.7 Å². The molecule has 2 aromatic heterocycles. The molecule has 1 saturated carbocycles. The van der Waals surface area contributed by atoms with Crippen LogP contribution in [0.15, 0.2) is 35.6 Å². The molecule has 10 heteroatoms. The predicted molar refractivity (Wildman–Crippen MR) is 125 cm³/mol. The van der Waals surface area contributed by atoms with Gasteiger partial charge in [-0.2, -0.15) is 10.1 Å². The zero-order chi connectivity index (χ0) is 23.0. The zero-order valence-corrected chi connectivity index (χ0v) is 18.8. The van der Waals surface area contributed by atoms with Crippen LogP contribution in [0, 0.1) is 5.53 Å². The van der Waals surface area contributed by atoms with E-state index in [1.807, 2.05) is 44.4 Å². The van der Waals surface area contributed by atoms with Gasteiger partial charge in [-0.05, 0) is 56.4 Å². The van der Waals surface area contributed by atoms with Crippen molar-refractivity contribution < 1.29 is 14.6 Å². The topological polar surface area (TPSA) is 129 Å². The monoisotopic (exact) mass is 451 g/mol. The molecular formula is C23H29N7O3. The van der Waals surface area contributed by atoms with Gasteiger partial charge >= 0.3 is 0 Å². The van der Waals surface area contributed by atoms with Crippen molar-refractivity contribution >= 4 is 22.8 Å². The van der Waals surface area contributed by atoms with Crippen LogP contribution in [-0.4, -0.2) is 57.7 Å². The van der Waals surface area contributed by atoms with Crippen LogP contribution in [0.25, 0.3) is 16.6 Å². The summed E-state index contributed by atoms with van der Waals surface area (Å²) in [6, 6.07) is 7.89. The average Bonchev–Trinajstić information content (AvgIpc) is 3.21. The highest BCUT2D eigenvalue weighted by Gasteiger charge is 2.30. The number of fused-ring (bicyclic) bond motifs is 1. The fraction of sp³-hybridized carbons (Fsp3) is 0.478. The maximum Gasteiger partial charge on any atom is 0.244 e. The van der Waals surface area contributed by atoms with Gasteiger partial charge in [0.1, 0.15) is 17.3 Å². The fourth-order valence-electron chi connectivity index (χ4n) is 4.38. The molecule has 1 aliphatic carbocycles. The number of rotatable bonds is 7. The van der Waals surface area contributed by atoms with E-state index in [-0.39, 0.29) is 12.1 Å². The molecule has 1 aromatic carbocycles. The van der Waals surface area contributed by atoms with Crippen LogP contribution in [0.4, 0.5) is 17.3 Å². The second-order valence-corrected chi connectivity index (χ2v) is 9.05. The molecule has 5 rings (SSSR count). The smallest absolute Gasteiger partial charge is 0.244 e. The Balaban J connectivity index is 1.51. The second kappa shape index (κ2) is 8.60. The molecule has 3 heterocycles.